The van der Waals surface area contributed by atoms with Crippen LogP contribution in [0.2, 0.25) is 5.15 Å². The smallest absolute Gasteiger partial charge is 0.407 e. The molecule has 4 fully saturated rings. The number of H-pyrrole nitrogens is 2. The monoisotopic (exact) mass is 820 g/mol. The first kappa shape index (κ1) is 38.9. The van der Waals surface area contributed by atoms with E-state index in [1.807, 2.05) is 55.7 Å². The summed E-state index contributed by atoms with van der Waals surface area (Å²) in [6, 6.07) is 17.0. The second kappa shape index (κ2) is 14.9. The van der Waals surface area contributed by atoms with Crippen molar-refractivity contribution in [2.75, 3.05) is 14.2 Å². The molecule has 4 amide bonds. The lowest BCUT2D eigenvalue weighted by atomic mass is 9.99. The Balaban J connectivity index is 0.936. The number of likely N-dealkylation sites (tertiary alicyclic amines) is 2. The topological polar surface area (TPSA) is 175 Å². The van der Waals surface area contributed by atoms with Gasteiger partial charge < -0.3 is 39.9 Å². The highest BCUT2D eigenvalue weighted by Crippen LogP contribution is 2.55. The number of ether oxygens (including phenoxy) is 2. The van der Waals surface area contributed by atoms with Crippen molar-refractivity contribution in [2.24, 2.45) is 23.7 Å². The third-order valence-electron chi connectivity index (χ3n) is 12.8. The van der Waals surface area contributed by atoms with Crippen LogP contribution < -0.4 is 10.6 Å². The highest BCUT2D eigenvalue weighted by atomic mass is 35.5. The molecule has 59 heavy (non-hydrogen) atoms. The van der Waals surface area contributed by atoms with Crippen molar-refractivity contribution >= 4 is 57.4 Å². The number of aromatic nitrogens is 4. The maximum atomic E-state index is 13.9. The SMILES string of the molecule is COC(=O)N[C@H](C(=O)N1C(c2nc(-c3ccc(-c4ccc5c(ccc6[nH]c([C@@H]7C[C@H]8C[C@H]8N7C(=O)[C@@H](NC(=O)OC)C(C)C)nc65)c4)cc3)c(Cl)[nH]2)C[C@H]2C[C@H]21)C(C)C. The molecule has 2 aromatic heterocycles. The van der Waals surface area contributed by atoms with E-state index >= 15 is 0 Å². The van der Waals surface area contributed by atoms with Crippen LogP contribution in [-0.2, 0) is 19.1 Å². The molecule has 5 aromatic rings. The molecule has 0 radical (unpaired) electrons. The Morgan fingerprint density at radius 2 is 1.22 bits per heavy atom. The highest BCUT2D eigenvalue weighted by Gasteiger charge is 2.57. The number of carbonyl (C=O) groups is 4. The van der Waals surface area contributed by atoms with E-state index in [0.717, 1.165) is 70.0 Å². The summed E-state index contributed by atoms with van der Waals surface area (Å²) in [6.07, 6.45) is 2.27. The number of amides is 4. The summed E-state index contributed by atoms with van der Waals surface area (Å²) in [7, 11) is 2.59. The first-order valence-electron chi connectivity index (χ1n) is 20.5. The molecule has 4 heterocycles. The molecule has 2 saturated carbocycles. The largest absolute Gasteiger partial charge is 0.453 e. The van der Waals surface area contributed by atoms with Crippen LogP contribution in [0.4, 0.5) is 9.59 Å². The Morgan fingerprint density at radius 1 is 0.695 bits per heavy atom. The van der Waals surface area contributed by atoms with Crippen LogP contribution in [0.25, 0.3) is 44.2 Å². The number of rotatable bonds is 10. The summed E-state index contributed by atoms with van der Waals surface area (Å²) in [6.45, 7) is 7.65. The van der Waals surface area contributed by atoms with Crippen molar-refractivity contribution in [3.8, 4) is 22.4 Å². The number of nitrogens with zero attached hydrogens (tertiary/aromatic N) is 4. The van der Waals surface area contributed by atoms with Gasteiger partial charge in [-0.1, -0.05) is 81.8 Å². The molecule has 14 nitrogen and oxygen atoms in total. The standard InChI is InChI=1S/C44H49ClN8O6/c1-20(2)34(49-43(56)58-5)41(54)52-30-16-26(30)18-32(52)39-46-29-14-12-25-15-24(11-13-28(25)37(29)48-39)22-7-9-23(10-8-22)36-38(45)51-40(47-36)33-19-27-17-31(27)53(33)42(55)35(21(3)4)50-44(57)59-6/h7-15,20-21,26-27,30-35H,16-19H2,1-6H3,(H,46,48)(H,47,51)(H,49,56)(H,50,57)/t26-,27-,30-,31-,32+,33?,34+,35+/m1/s1. The Labute approximate surface area is 346 Å². The minimum absolute atomic E-state index is 0.105. The summed E-state index contributed by atoms with van der Waals surface area (Å²) in [5.41, 5.74) is 5.28. The number of alkyl carbamates (subject to hydrolysis) is 2. The summed E-state index contributed by atoms with van der Waals surface area (Å²) in [5.74, 6) is 1.74. The van der Waals surface area contributed by atoms with E-state index in [9.17, 15) is 19.2 Å². The molecule has 1 unspecified atom stereocenters. The summed E-state index contributed by atoms with van der Waals surface area (Å²) >= 11 is 6.79. The van der Waals surface area contributed by atoms with E-state index < -0.39 is 24.3 Å². The van der Waals surface area contributed by atoms with Crippen molar-refractivity contribution < 1.29 is 28.7 Å². The Hall–Kier alpha value is -5.63. The molecule has 4 N–H and O–H groups in total. The summed E-state index contributed by atoms with van der Waals surface area (Å²) < 4.78 is 9.62. The van der Waals surface area contributed by atoms with E-state index in [0.29, 0.717) is 28.5 Å². The van der Waals surface area contributed by atoms with Gasteiger partial charge in [0.2, 0.25) is 11.8 Å². The molecule has 0 bridgehead atoms. The second-order valence-corrected chi connectivity index (χ2v) is 17.6. The lowest BCUT2D eigenvalue weighted by Gasteiger charge is -2.31. The summed E-state index contributed by atoms with van der Waals surface area (Å²) in [5, 5.41) is 7.92. The molecular formula is C44H49ClN8O6. The summed E-state index contributed by atoms with van der Waals surface area (Å²) in [4.78, 5) is 72.6. The van der Waals surface area contributed by atoms with Crippen molar-refractivity contribution in [1.82, 2.24) is 40.4 Å². The minimum atomic E-state index is -0.716. The van der Waals surface area contributed by atoms with E-state index in [2.05, 4.69) is 57.0 Å². The van der Waals surface area contributed by atoms with Gasteiger partial charge in [-0.3, -0.25) is 9.59 Å². The zero-order valence-electron chi connectivity index (χ0n) is 33.9. The Kier molecular flexibility index (Phi) is 9.80. The number of hydrogen-bond acceptors (Lipinski definition) is 8. The first-order valence-corrected chi connectivity index (χ1v) is 20.8. The van der Waals surface area contributed by atoms with Gasteiger partial charge in [0, 0.05) is 23.0 Å². The van der Waals surface area contributed by atoms with E-state index in [1.165, 1.54) is 14.2 Å². The quantitative estimate of drug-likeness (QED) is 0.112. The number of piperidine rings is 2. The van der Waals surface area contributed by atoms with Gasteiger partial charge in [-0.15, -0.1) is 0 Å². The number of benzene rings is 3. The molecule has 4 aliphatic rings. The van der Waals surface area contributed by atoms with Gasteiger partial charge in [0.25, 0.3) is 0 Å². The predicted octanol–water partition coefficient (Wildman–Crippen LogP) is 7.51. The number of methoxy groups -OCH3 is 2. The fourth-order valence-electron chi connectivity index (χ4n) is 9.45. The van der Waals surface area contributed by atoms with Crippen molar-refractivity contribution in [1.29, 1.82) is 0 Å². The number of hydrogen-bond donors (Lipinski definition) is 4. The maximum Gasteiger partial charge on any atom is 0.407 e. The number of fused-ring (bicyclic) bond motifs is 5. The van der Waals surface area contributed by atoms with Gasteiger partial charge in [0.1, 0.15) is 34.6 Å². The molecule has 308 valence electrons. The normalized spacial score (nSPS) is 23.9. The predicted molar refractivity (Wildman–Crippen MR) is 222 cm³/mol. The van der Waals surface area contributed by atoms with E-state index in [4.69, 9.17) is 31.0 Å². The highest BCUT2D eigenvalue weighted by molar-refractivity contribution is 6.32. The third-order valence-corrected chi connectivity index (χ3v) is 13.1. The van der Waals surface area contributed by atoms with Gasteiger partial charge in [-0.05, 0) is 78.0 Å². The van der Waals surface area contributed by atoms with Crippen LogP contribution in [-0.4, -0.2) is 92.1 Å². The number of imidazole rings is 2. The Bertz CT molecular complexity index is 2480. The molecule has 2 aliphatic carbocycles. The van der Waals surface area contributed by atoms with Crippen LogP contribution >= 0.6 is 11.6 Å². The van der Waals surface area contributed by atoms with Crippen molar-refractivity contribution in [3.63, 3.8) is 0 Å². The van der Waals surface area contributed by atoms with Crippen LogP contribution in [0.1, 0.15) is 77.1 Å². The average Bonchev–Trinajstić information content (AvgIpc) is 3.91. The Morgan fingerprint density at radius 3 is 1.76 bits per heavy atom. The molecule has 8 atom stereocenters. The molecule has 0 spiro atoms. The van der Waals surface area contributed by atoms with Gasteiger partial charge >= 0.3 is 12.2 Å². The van der Waals surface area contributed by atoms with E-state index in [-0.39, 0.29) is 47.8 Å². The molecule has 9 rings (SSSR count). The van der Waals surface area contributed by atoms with Gasteiger partial charge in [-0.25, -0.2) is 19.6 Å². The van der Waals surface area contributed by atoms with E-state index in [1.54, 1.807) is 0 Å². The van der Waals surface area contributed by atoms with Gasteiger partial charge in [0.15, 0.2) is 0 Å². The molecule has 15 heteroatoms. The fraction of sp³-hybridized carbons (Fsp3) is 0.455. The molecule has 3 aromatic carbocycles. The van der Waals surface area contributed by atoms with Crippen molar-refractivity contribution in [3.05, 3.63) is 71.4 Å². The van der Waals surface area contributed by atoms with Crippen LogP contribution in [0, 0.1) is 23.7 Å². The molecular weight excluding hydrogens is 772 g/mol. The van der Waals surface area contributed by atoms with Gasteiger partial charge in [-0.2, -0.15) is 0 Å². The zero-order chi connectivity index (χ0) is 41.4. The fourth-order valence-corrected chi connectivity index (χ4v) is 9.70. The van der Waals surface area contributed by atoms with Crippen LogP contribution in [0.5, 0.6) is 0 Å². The lowest BCUT2D eigenvalue weighted by Crippen LogP contribution is -2.52. The molecule has 2 aliphatic heterocycles. The van der Waals surface area contributed by atoms with Gasteiger partial charge in [0.05, 0.1) is 37.3 Å². The number of halogens is 1. The van der Waals surface area contributed by atoms with Crippen LogP contribution in [0.3, 0.4) is 0 Å². The maximum absolute atomic E-state index is 13.9. The number of aromatic amines is 2. The third kappa shape index (κ3) is 6.94. The zero-order valence-corrected chi connectivity index (χ0v) is 34.7. The number of carbonyl (C=O) groups excluding carboxylic acids is 4. The second-order valence-electron chi connectivity index (χ2n) is 17.2. The minimum Gasteiger partial charge on any atom is -0.453 e. The molecule has 2 saturated heterocycles. The van der Waals surface area contributed by atoms with Crippen molar-refractivity contribution in [2.45, 2.75) is 89.6 Å². The lowest BCUT2D eigenvalue weighted by molar-refractivity contribution is -0.137. The average molecular weight is 821 g/mol. The first-order chi connectivity index (χ1) is 28.3. The van der Waals surface area contributed by atoms with Crippen LogP contribution in [0.15, 0.2) is 54.6 Å². The number of nitrogens with one attached hydrogen (secondary N) is 4.